The fourth-order valence-corrected chi connectivity index (χ4v) is 2.09. The highest BCUT2D eigenvalue weighted by Gasteiger charge is 2.04. The lowest BCUT2D eigenvalue weighted by atomic mass is 10.1. The van der Waals surface area contributed by atoms with Gasteiger partial charge in [-0.05, 0) is 35.9 Å². The fraction of sp³-hybridized carbons (Fsp3) is 0.0588. The Bertz CT molecular complexity index is 799. The highest BCUT2D eigenvalue weighted by atomic mass is 16.5. The van der Waals surface area contributed by atoms with Crippen molar-refractivity contribution in [2.45, 2.75) is 6.61 Å². The molecule has 1 aromatic heterocycles. The normalized spacial score (nSPS) is 10.5. The van der Waals surface area contributed by atoms with Crippen LogP contribution in [0.2, 0.25) is 0 Å². The molecular formula is C17H13NO3. The van der Waals surface area contributed by atoms with Crippen LogP contribution in [0.15, 0.2) is 60.8 Å². The molecule has 3 aromatic rings. The molecule has 0 aliphatic rings. The Morgan fingerprint density at radius 2 is 2.00 bits per heavy atom. The predicted molar refractivity (Wildman–Crippen MR) is 79.5 cm³/mol. The quantitative estimate of drug-likeness (QED) is 0.794. The Labute approximate surface area is 121 Å². The van der Waals surface area contributed by atoms with Crippen LogP contribution in [0.5, 0.6) is 5.75 Å². The smallest absolute Gasteiger partial charge is 0.335 e. The molecule has 0 unspecified atom stereocenters. The van der Waals surface area contributed by atoms with Crippen molar-refractivity contribution in [3.63, 3.8) is 0 Å². The highest BCUT2D eigenvalue weighted by Crippen LogP contribution is 2.17. The number of fused-ring (bicyclic) bond motifs is 1. The van der Waals surface area contributed by atoms with Crippen LogP contribution in [-0.4, -0.2) is 16.1 Å². The first-order chi connectivity index (χ1) is 10.2. The molecule has 0 aliphatic heterocycles. The minimum Gasteiger partial charge on any atom is -0.489 e. The number of benzene rings is 2. The number of hydrogen-bond donors (Lipinski definition) is 1. The van der Waals surface area contributed by atoms with E-state index < -0.39 is 5.97 Å². The molecule has 0 bridgehead atoms. The number of carboxylic acid groups (broad SMARTS) is 1. The lowest BCUT2D eigenvalue weighted by Crippen LogP contribution is -1.99. The number of hydrogen-bond acceptors (Lipinski definition) is 3. The first kappa shape index (κ1) is 13.1. The van der Waals surface area contributed by atoms with E-state index in [1.165, 1.54) is 12.1 Å². The summed E-state index contributed by atoms with van der Waals surface area (Å²) in [6.45, 7) is 0.371. The van der Waals surface area contributed by atoms with Crippen molar-refractivity contribution in [3.05, 3.63) is 71.9 Å². The van der Waals surface area contributed by atoms with Crippen molar-refractivity contribution in [3.8, 4) is 5.75 Å². The predicted octanol–water partition coefficient (Wildman–Crippen LogP) is 3.51. The summed E-state index contributed by atoms with van der Waals surface area (Å²) in [6, 6.07) is 16.3. The second-order valence-electron chi connectivity index (χ2n) is 4.65. The van der Waals surface area contributed by atoms with Crippen LogP contribution in [-0.2, 0) is 6.61 Å². The van der Waals surface area contributed by atoms with E-state index in [4.69, 9.17) is 9.84 Å². The average Bonchev–Trinajstić information content (AvgIpc) is 2.53. The summed E-state index contributed by atoms with van der Waals surface area (Å²) in [6.07, 6.45) is 1.75. The number of pyridine rings is 1. The summed E-state index contributed by atoms with van der Waals surface area (Å²) in [4.78, 5) is 15.2. The molecule has 0 spiro atoms. The molecule has 4 nitrogen and oxygen atoms in total. The first-order valence-corrected chi connectivity index (χ1v) is 6.52. The van der Waals surface area contributed by atoms with E-state index in [9.17, 15) is 4.79 Å². The van der Waals surface area contributed by atoms with E-state index in [1.54, 1.807) is 18.3 Å². The molecule has 104 valence electrons. The highest BCUT2D eigenvalue weighted by molar-refractivity contribution is 5.88. The number of rotatable bonds is 4. The van der Waals surface area contributed by atoms with E-state index in [2.05, 4.69) is 4.98 Å². The maximum Gasteiger partial charge on any atom is 0.335 e. The van der Waals surface area contributed by atoms with Crippen molar-refractivity contribution in [1.82, 2.24) is 4.98 Å². The number of carboxylic acids is 1. The van der Waals surface area contributed by atoms with Crippen LogP contribution in [0.4, 0.5) is 0 Å². The Balaban J connectivity index is 1.77. The van der Waals surface area contributed by atoms with Crippen LogP contribution >= 0.6 is 0 Å². The third-order valence-corrected chi connectivity index (χ3v) is 3.16. The number of aromatic nitrogens is 1. The van der Waals surface area contributed by atoms with E-state index >= 15 is 0 Å². The Hall–Kier alpha value is -2.88. The van der Waals surface area contributed by atoms with Gasteiger partial charge in [0.1, 0.15) is 12.4 Å². The molecule has 0 fully saturated rings. The first-order valence-electron chi connectivity index (χ1n) is 6.52. The lowest BCUT2D eigenvalue weighted by molar-refractivity contribution is 0.0696. The molecule has 0 saturated carbocycles. The molecular weight excluding hydrogens is 266 g/mol. The molecule has 0 amide bonds. The van der Waals surface area contributed by atoms with Crippen molar-refractivity contribution < 1.29 is 14.6 Å². The van der Waals surface area contributed by atoms with Crippen molar-refractivity contribution >= 4 is 16.9 Å². The molecule has 3 rings (SSSR count). The summed E-state index contributed by atoms with van der Waals surface area (Å²) in [5.41, 5.74) is 2.12. The number of carbonyl (C=O) groups is 1. The van der Waals surface area contributed by atoms with Crippen molar-refractivity contribution in [2.24, 2.45) is 0 Å². The van der Waals surface area contributed by atoms with Gasteiger partial charge in [-0.1, -0.05) is 24.3 Å². The third-order valence-electron chi connectivity index (χ3n) is 3.16. The number of nitrogens with zero attached hydrogens (tertiary/aromatic N) is 1. The van der Waals surface area contributed by atoms with Crippen LogP contribution in [0.1, 0.15) is 15.9 Å². The van der Waals surface area contributed by atoms with Gasteiger partial charge in [0.25, 0.3) is 0 Å². The standard InChI is InChI=1S/C17H13NO3/c19-17(20)14-3-1-5-15(10-14)21-11-12-6-7-13-4-2-8-18-16(13)9-12/h1-10H,11H2,(H,19,20). The van der Waals surface area contributed by atoms with Crippen LogP contribution in [0.3, 0.4) is 0 Å². The van der Waals surface area contributed by atoms with Crippen LogP contribution in [0, 0.1) is 0 Å². The van der Waals surface area contributed by atoms with E-state index in [0.717, 1.165) is 16.5 Å². The summed E-state index contributed by atoms with van der Waals surface area (Å²) in [5, 5.41) is 10.0. The molecule has 1 heterocycles. The van der Waals surface area contributed by atoms with Crippen LogP contribution in [0.25, 0.3) is 10.9 Å². The van der Waals surface area contributed by atoms with Gasteiger partial charge >= 0.3 is 5.97 Å². The summed E-state index contributed by atoms with van der Waals surface area (Å²) >= 11 is 0. The zero-order valence-corrected chi connectivity index (χ0v) is 11.2. The van der Waals surface area contributed by atoms with Gasteiger partial charge < -0.3 is 9.84 Å². The Kier molecular flexibility index (Phi) is 3.51. The van der Waals surface area contributed by atoms with Gasteiger partial charge in [0.15, 0.2) is 0 Å². The van der Waals surface area contributed by atoms with Gasteiger partial charge in [-0.3, -0.25) is 4.98 Å². The maximum atomic E-state index is 10.9. The van der Waals surface area contributed by atoms with Gasteiger partial charge in [-0.2, -0.15) is 0 Å². The second-order valence-corrected chi connectivity index (χ2v) is 4.65. The fourth-order valence-electron chi connectivity index (χ4n) is 2.09. The van der Waals surface area contributed by atoms with Gasteiger partial charge in [0, 0.05) is 11.6 Å². The second kappa shape index (κ2) is 5.63. The molecule has 0 saturated heterocycles. The number of ether oxygens (including phenoxy) is 1. The third kappa shape index (κ3) is 3.00. The van der Waals surface area contributed by atoms with E-state index in [0.29, 0.717) is 12.4 Å². The zero-order chi connectivity index (χ0) is 14.7. The van der Waals surface area contributed by atoms with Gasteiger partial charge in [-0.15, -0.1) is 0 Å². The average molecular weight is 279 g/mol. The Morgan fingerprint density at radius 3 is 2.86 bits per heavy atom. The van der Waals surface area contributed by atoms with Crippen molar-refractivity contribution in [2.75, 3.05) is 0 Å². The van der Waals surface area contributed by atoms with Crippen molar-refractivity contribution in [1.29, 1.82) is 0 Å². The topological polar surface area (TPSA) is 59.4 Å². The molecule has 0 aliphatic carbocycles. The molecule has 0 radical (unpaired) electrons. The van der Waals surface area contributed by atoms with Crippen LogP contribution < -0.4 is 4.74 Å². The molecule has 4 heteroatoms. The molecule has 21 heavy (non-hydrogen) atoms. The summed E-state index contributed by atoms with van der Waals surface area (Å²) < 4.78 is 5.64. The molecule has 2 aromatic carbocycles. The Morgan fingerprint density at radius 1 is 1.10 bits per heavy atom. The van der Waals surface area contributed by atoms with Gasteiger partial charge in [0.2, 0.25) is 0 Å². The van der Waals surface area contributed by atoms with Gasteiger partial charge in [-0.25, -0.2) is 4.79 Å². The minimum absolute atomic E-state index is 0.215. The largest absolute Gasteiger partial charge is 0.489 e. The van der Waals surface area contributed by atoms with Gasteiger partial charge in [0.05, 0.1) is 11.1 Å². The SMILES string of the molecule is O=C(O)c1cccc(OCc2ccc3cccnc3c2)c1. The van der Waals surface area contributed by atoms with E-state index in [1.807, 2.05) is 30.3 Å². The summed E-state index contributed by atoms with van der Waals surface area (Å²) in [5.74, 6) is -0.425. The zero-order valence-electron chi connectivity index (χ0n) is 11.2. The summed E-state index contributed by atoms with van der Waals surface area (Å²) in [7, 11) is 0. The maximum absolute atomic E-state index is 10.9. The minimum atomic E-state index is -0.963. The molecule has 1 N–H and O–H groups in total. The van der Waals surface area contributed by atoms with E-state index in [-0.39, 0.29) is 5.56 Å². The molecule has 0 atom stereocenters. The lowest BCUT2D eigenvalue weighted by Gasteiger charge is -2.07. The monoisotopic (exact) mass is 279 g/mol. The number of aromatic carboxylic acids is 1.